The Morgan fingerprint density at radius 3 is 2.65 bits per heavy atom. The number of hydrogen-bond donors (Lipinski definition) is 2. The zero-order valence-corrected chi connectivity index (χ0v) is 17.1. The third-order valence-corrected chi connectivity index (χ3v) is 5.65. The van der Waals surface area contributed by atoms with Crippen LogP contribution in [0.15, 0.2) is 43.0 Å². The average molecular weight is 449 g/mol. The topological polar surface area (TPSA) is 121 Å². The fourth-order valence-electron chi connectivity index (χ4n) is 3.84. The van der Waals surface area contributed by atoms with E-state index in [1.165, 1.54) is 12.7 Å². The maximum absolute atomic E-state index is 10.7. The second-order valence-corrected chi connectivity index (χ2v) is 7.72. The molecular weight excluding hydrogens is 428 g/mol. The Labute approximate surface area is 182 Å². The van der Waals surface area contributed by atoms with Gasteiger partial charge in [-0.2, -0.15) is 0 Å². The van der Waals surface area contributed by atoms with Gasteiger partial charge in [0.15, 0.2) is 23.3 Å². The molecule has 2 aromatic heterocycles. The lowest BCUT2D eigenvalue weighted by molar-refractivity contribution is -0.247. The van der Waals surface area contributed by atoms with Crippen LogP contribution in [-0.4, -0.2) is 74.0 Å². The van der Waals surface area contributed by atoms with Crippen molar-refractivity contribution < 1.29 is 29.2 Å². The summed E-state index contributed by atoms with van der Waals surface area (Å²) < 4.78 is 25.2. The molecule has 31 heavy (non-hydrogen) atoms. The molecule has 164 valence electrons. The van der Waals surface area contributed by atoms with E-state index in [9.17, 15) is 10.2 Å². The van der Waals surface area contributed by atoms with Crippen molar-refractivity contribution in [2.75, 3.05) is 19.8 Å². The Morgan fingerprint density at radius 1 is 1.13 bits per heavy atom. The lowest BCUT2D eigenvalue weighted by Gasteiger charge is -2.33. The summed E-state index contributed by atoms with van der Waals surface area (Å²) in [6.45, 7) is 0.184. The van der Waals surface area contributed by atoms with Crippen LogP contribution in [0.5, 0.6) is 0 Å². The number of aliphatic hydroxyl groups is 2. The molecule has 4 atom stereocenters. The molecule has 2 N–H and O–H groups in total. The van der Waals surface area contributed by atoms with Gasteiger partial charge in [-0.15, -0.1) is 0 Å². The van der Waals surface area contributed by atoms with Crippen LogP contribution in [0.25, 0.3) is 11.2 Å². The first-order valence-corrected chi connectivity index (χ1v) is 10.2. The minimum absolute atomic E-state index is 0.208. The highest BCUT2D eigenvalue weighted by Crippen LogP contribution is 2.35. The molecule has 2 aliphatic rings. The van der Waals surface area contributed by atoms with E-state index in [1.807, 2.05) is 30.3 Å². The standard InChI is InChI=1S/C20H21ClN4O6/c21-17-14-18(23-9-22-17)25(10-24-14)19-16(15(27)13(6-26)31-19)30-12-7-28-20(29-8-12)11-4-2-1-3-5-11/h1-5,9-10,12-13,15-16,19-20,26-27H,6-8H2/t12?,13-,15-,16-,19-,20?/m1/s1. The molecule has 10 nitrogen and oxygen atoms in total. The summed E-state index contributed by atoms with van der Waals surface area (Å²) in [4.78, 5) is 12.4. The molecule has 5 rings (SSSR count). The monoisotopic (exact) mass is 448 g/mol. The summed E-state index contributed by atoms with van der Waals surface area (Å²) in [6.07, 6.45) is -1.58. The van der Waals surface area contributed by atoms with Gasteiger partial charge in [-0.25, -0.2) is 15.0 Å². The number of halogens is 1. The van der Waals surface area contributed by atoms with Crippen LogP contribution in [0.3, 0.4) is 0 Å². The predicted octanol–water partition coefficient (Wildman–Crippen LogP) is 1.23. The van der Waals surface area contributed by atoms with Crippen molar-refractivity contribution in [1.82, 2.24) is 19.5 Å². The zero-order chi connectivity index (χ0) is 21.4. The van der Waals surface area contributed by atoms with Crippen LogP contribution in [0.1, 0.15) is 18.1 Å². The second kappa shape index (κ2) is 8.75. The summed E-state index contributed by atoms with van der Waals surface area (Å²) in [5.41, 5.74) is 1.76. The normalized spacial score (nSPS) is 31.3. The summed E-state index contributed by atoms with van der Waals surface area (Å²) in [5.74, 6) is 0. The van der Waals surface area contributed by atoms with E-state index in [2.05, 4.69) is 15.0 Å². The number of nitrogens with zero attached hydrogens (tertiary/aromatic N) is 4. The molecule has 0 unspecified atom stereocenters. The fraction of sp³-hybridized carbons (Fsp3) is 0.450. The largest absolute Gasteiger partial charge is 0.394 e. The van der Waals surface area contributed by atoms with Gasteiger partial charge in [0.2, 0.25) is 0 Å². The Morgan fingerprint density at radius 2 is 1.90 bits per heavy atom. The maximum Gasteiger partial charge on any atom is 0.184 e. The highest BCUT2D eigenvalue weighted by molar-refractivity contribution is 6.33. The molecule has 0 bridgehead atoms. The highest BCUT2D eigenvalue weighted by Gasteiger charge is 2.47. The third kappa shape index (κ3) is 3.92. The molecule has 2 saturated heterocycles. The minimum Gasteiger partial charge on any atom is -0.394 e. The van der Waals surface area contributed by atoms with Crippen LogP contribution in [0, 0.1) is 0 Å². The number of benzene rings is 1. The van der Waals surface area contributed by atoms with Gasteiger partial charge in [0.25, 0.3) is 0 Å². The van der Waals surface area contributed by atoms with Crippen molar-refractivity contribution in [1.29, 1.82) is 0 Å². The van der Waals surface area contributed by atoms with E-state index in [1.54, 1.807) is 4.57 Å². The molecule has 0 spiro atoms. The Kier molecular flexibility index (Phi) is 5.85. The Balaban J connectivity index is 1.33. The first kappa shape index (κ1) is 20.7. The zero-order valence-electron chi connectivity index (χ0n) is 16.3. The van der Waals surface area contributed by atoms with E-state index in [4.69, 9.17) is 30.5 Å². The molecule has 0 saturated carbocycles. The number of rotatable bonds is 5. The van der Waals surface area contributed by atoms with Gasteiger partial charge < -0.3 is 29.2 Å². The molecule has 11 heteroatoms. The molecule has 3 aromatic rings. The molecule has 2 fully saturated rings. The van der Waals surface area contributed by atoms with Crippen LogP contribution in [0.2, 0.25) is 5.15 Å². The van der Waals surface area contributed by atoms with Crippen molar-refractivity contribution >= 4 is 22.8 Å². The first-order chi connectivity index (χ1) is 15.2. The SMILES string of the molecule is OC[C@H]1O[C@@H](n2cnc3c(Cl)ncnc32)[C@H](OC2COC(c3ccccc3)OC2)[C@@H]1O. The number of aromatic nitrogens is 4. The van der Waals surface area contributed by atoms with Crippen molar-refractivity contribution in [2.24, 2.45) is 0 Å². The van der Waals surface area contributed by atoms with E-state index in [-0.39, 0.29) is 25.0 Å². The molecule has 2 aliphatic heterocycles. The number of hydrogen-bond acceptors (Lipinski definition) is 9. The smallest absolute Gasteiger partial charge is 0.184 e. The van der Waals surface area contributed by atoms with Crippen LogP contribution in [-0.2, 0) is 18.9 Å². The maximum atomic E-state index is 10.7. The Bertz CT molecular complexity index is 1030. The van der Waals surface area contributed by atoms with Gasteiger partial charge >= 0.3 is 0 Å². The summed E-state index contributed by atoms with van der Waals surface area (Å²) in [6, 6.07) is 9.62. The number of ether oxygens (including phenoxy) is 4. The van der Waals surface area contributed by atoms with Crippen molar-refractivity contribution in [3.8, 4) is 0 Å². The van der Waals surface area contributed by atoms with Crippen molar-refractivity contribution in [2.45, 2.75) is 36.9 Å². The molecule has 1 aromatic carbocycles. The molecule has 0 amide bonds. The second-order valence-electron chi connectivity index (χ2n) is 7.36. The minimum atomic E-state index is -1.07. The van der Waals surface area contributed by atoms with Gasteiger partial charge in [-0.1, -0.05) is 41.9 Å². The van der Waals surface area contributed by atoms with E-state index in [0.717, 1.165) is 5.56 Å². The molecule has 0 radical (unpaired) electrons. The van der Waals surface area contributed by atoms with Crippen LogP contribution >= 0.6 is 11.6 Å². The van der Waals surface area contributed by atoms with Crippen LogP contribution in [0.4, 0.5) is 0 Å². The lowest BCUT2D eigenvalue weighted by Crippen LogP contribution is -2.42. The predicted molar refractivity (Wildman–Crippen MR) is 107 cm³/mol. The van der Waals surface area contributed by atoms with Gasteiger partial charge in [0.1, 0.15) is 36.3 Å². The van der Waals surface area contributed by atoms with Gasteiger partial charge in [-0.05, 0) is 0 Å². The molecule has 4 heterocycles. The molecule has 0 aliphatic carbocycles. The fourth-order valence-corrected chi connectivity index (χ4v) is 4.02. The molecular formula is C20H21ClN4O6. The number of aliphatic hydroxyl groups excluding tert-OH is 2. The summed E-state index contributed by atoms with van der Waals surface area (Å²) >= 11 is 6.10. The quantitative estimate of drug-likeness (QED) is 0.555. The first-order valence-electron chi connectivity index (χ1n) is 9.86. The average Bonchev–Trinajstić information content (AvgIpc) is 3.37. The van der Waals surface area contributed by atoms with Gasteiger partial charge in [-0.3, -0.25) is 4.57 Å². The van der Waals surface area contributed by atoms with E-state index < -0.39 is 36.9 Å². The van der Waals surface area contributed by atoms with E-state index in [0.29, 0.717) is 11.2 Å². The number of fused-ring (bicyclic) bond motifs is 1. The van der Waals surface area contributed by atoms with Gasteiger partial charge in [0.05, 0.1) is 26.1 Å². The summed E-state index contributed by atoms with van der Waals surface area (Å²) in [5, 5.41) is 20.6. The highest BCUT2D eigenvalue weighted by atomic mass is 35.5. The summed E-state index contributed by atoms with van der Waals surface area (Å²) in [7, 11) is 0. The van der Waals surface area contributed by atoms with Crippen molar-refractivity contribution in [3.05, 3.63) is 53.7 Å². The van der Waals surface area contributed by atoms with Crippen molar-refractivity contribution in [3.63, 3.8) is 0 Å². The van der Waals surface area contributed by atoms with Crippen LogP contribution < -0.4 is 0 Å². The van der Waals surface area contributed by atoms with Gasteiger partial charge in [0, 0.05) is 5.56 Å². The Hall–Kier alpha value is -2.18. The van der Waals surface area contributed by atoms with E-state index >= 15 is 0 Å². The number of imidazole rings is 1. The lowest BCUT2D eigenvalue weighted by atomic mass is 10.1. The third-order valence-electron chi connectivity index (χ3n) is 5.37.